The molecule has 0 radical (unpaired) electrons. The van der Waals surface area contributed by atoms with Gasteiger partial charge in [0.25, 0.3) is 0 Å². The highest BCUT2D eigenvalue weighted by Crippen LogP contribution is 2.25. The molecule has 5 heteroatoms. The number of hydrogen-bond acceptors (Lipinski definition) is 3. The third-order valence-corrected chi connectivity index (χ3v) is 5.41. The predicted molar refractivity (Wildman–Crippen MR) is 109 cm³/mol. The average molecular weight is 383 g/mol. The van der Waals surface area contributed by atoms with Gasteiger partial charge in [-0.2, -0.15) is 0 Å². The minimum Gasteiger partial charge on any atom is -0.464 e. The maximum absolute atomic E-state index is 12.7. The number of methoxy groups -OCH3 is 1. The van der Waals surface area contributed by atoms with E-state index in [4.69, 9.17) is 4.74 Å². The third-order valence-electron chi connectivity index (χ3n) is 5.41. The first kappa shape index (κ1) is 20.2. The van der Waals surface area contributed by atoms with Crippen molar-refractivity contribution in [1.82, 2.24) is 9.47 Å². The highest BCUT2D eigenvalue weighted by molar-refractivity contribution is 5.87. The lowest BCUT2D eigenvalue weighted by Crippen LogP contribution is -2.40. The van der Waals surface area contributed by atoms with E-state index in [1.807, 2.05) is 21.7 Å². The molecule has 0 spiro atoms. The lowest BCUT2D eigenvalue weighted by molar-refractivity contribution is -0.131. The molecule has 1 aliphatic heterocycles. The number of nitrogens with zero attached hydrogens (tertiary/aromatic N) is 2. The number of carbonyl (C=O) groups is 2. The number of esters is 1. The number of piperidine rings is 1. The molecule has 1 aliphatic rings. The Balaban J connectivity index is 1.54. The molecule has 2 aromatic rings. The van der Waals surface area contributed by atoms with E-state index in [9.17, 15) is 9.59 Å². The van der Waals surface area contributed by atoms with Gasteiger partial charge in [0.05, 0.1) is 13.5 Å². The minimum absolute atomic E-state index is 0.177. The molecule has 1 aromatic carbocycles. The minimum atomic E-state index is -0.315. The van der Waals surface area contributed by atoms with Gasteiger partial charge in [-0.25, -0.2) is 4.79 Å². The van der Waals surface area contributed by atoms with Crippen molar-refractivity contribution in [3.8, 4) is 0 Å². The van der Waals surface area contributed by atoms with Crippen LogP contribution in [0.2, 0.25) is 0 Å². The molecule has 2 heterocycles. The van der Waals surface area contributed by atoms with Crippen molar-refractivity contribution in [2.75, 3.05) is 20.2 Å². The van der Waals surface area contributed by atoms with Crippen molar-refractivity contribution in [2.24, 2.45) is 5.92 Å². The van der Waals surface area contributed by atoms with E-state index in [-0.39, 0.29) is 17.9 Å². The number of aromatic nitrogens is 1. The molecule has 1 amide bonds. The molecular formula is C23H30N2O3. The maximum atomic E-state index is 12.7. The van der Waals surface area contributed by atoms with Crippen molar-refractivity contribution in [1.29, 1.82) is 0 Å². The number of likely N-dealkylation sites (tertiary alicyclic amines) is 1. The second kappa shape index (κ2) is 9.09. The summed E-state index contributed by atoms with van der Waals surface area (Å²) >= 11 is 0. The third kappa shape index (κ3) is 4.83. The fourth-order valence-electron chi connectivity index (χ4n) is 3.93. The fourth-order valence-corrected chi connectivity index (χ4v) is 3.93. The molecule has 0 saturated carbocycles. The summed E-state index contributed by atoms with van der Waals surface area (Å²) in [4.78, 5) is 26.5. The number of amides is 1. The molecule has 0 aliphatic carbocycles. The summed E-state index contributed by atoms with van der Waals surface area (Å²) < 4.78 is 6.84. The molecule has 0 N–H and O–H groups in total. The molecule has 1 aromatic heterocycles. The van der Waals surface area contributed by atoms with Crippen molar-refractivity contribution in [3.63, 3.8) is 0 Å². The van der Waals surface area contributed by atoms with Crippen LogP contribution in [0, 0.1) is 5.92 Å². The van der Waals surface area contributed by atoms with E-state index in [1.54, 1.807) is 6.07 Å². The Morgan fingerprint density at radius 3 is 2.32 bits per heavy atom. The van der Waals surface area contributed by atoms with E-state index in [0.29, 0.717) is 31.1 Å². The van der Waals surface area contributed by atoms with E-state index in [0.717, 1.165) is 24.8 Å². The number of rotatable bonds is 6. The highest BCUT2D eigenvalue weighted by atomic mass is 16.5. The van der Waals surface area contributed by atoms with Gasteiger partial charge in [0.1, 0.15) is 5.69 Å². The topological polar surface area (TPSA) is 51.5 Å². The Morgan fingerprint density at radius 2 is 1.71 bits per heavy atom. The first-order chi connectivity index (χ1) is 13.5. The number of benzene rings is 1. The summed E-state index contributed by atoms with van der Waals surface area (Å²) in [7, 11) is 1.40. The van der Waals surface area contributed by atoms with Crippen LogP contribution in [-0.2, 0) is 22.4 Å². The van der Waals surface area contributed by atoms with Crippen LogP contribution < -0.4 is 0 Å². The van der Waals surface area contributed by atoms with Crippen molar-refractivity contribution >= 4 is 11.9 Å². The molecule has 5 nitrogen and oxygen atoms in total. The van der Waals surface area contributed by atoms with Crippen molar-refractivity contribution in [2.45, 2.75) is 45.6 Å². The summed E-state index contributed by atoms with van der Waals surface area (Å²) in [6.07, 6.45) is 5.13. The van der Waals surface area contributed by atoms with Crippen molar-refractivity contribution in [3.05, 3.63) is 59.4 Å². The highest BCUT2D eigenvalue weighted by Gasteiger charge is 2.26. The van der Waals surface area contributed by atoms with Gasteiger partial charge in [-0.15, -0.1) is 0 Å². The average Bonchev–Trinajstić information content (AvgIpc) is 3.18. The van der Waals surface area contributed by atoms with Crippen LogP contribution in [-0.4, -0.2) is 41.5 Å². The summed E-state index contributed by atoms with van der Waals surface area (Å²) in [5, 5.41) is 0. The lowest BCUT2D eigenvalue weighted by atomic mass is 10.00. The van der Waals surface area contributed by atoms with Crippen LogP contribution in [0.1, 0.15) is 54.3 Å². The van der Waals surface area contributed by atoms with E-state index in [2.05, 4.69) is 38.1 Å². The smallest absolute Gasteiger partial charge is 0.354 e. The van der Waals surface area contributed by atoms with E-state index >= 15 is 0 Å². The Bertz CT molecular complexity index is 800. The van der Waals surface area contributed by atoms with Crippen LogP contribution in [0.15, 0.2) is 42.6 Å². The first-order valence-corrected chi connectivity index (χ1v) is 10.1. The van der Waals surface area contributed by atoms with Crippen LogP contribution in [0.4, 0.5) is 0 Å². The summed E-state index contributed by atoms with van der Waals surface area (Å²) in [6.45, 7) is 5.85. The summed E-state index contributed by atoms with van der Waals surface area (Å²) in [5.74, 6) is 0.494. The quantitative estimate of drug-likeness (QED) is 0.713. The Labute approximate surface area is 167 Å². The Morgan fingerprint density at radius 1 is 1.07 bits per heavy atom. The zero-order valence-corrected chi connectivity index (χ0v) is 17.1. The molecule has 0 bridgehead atoms. The Hall–Kier alpha value is -2.56. The van der Waals surface area contributed by atoms with Gasteiger partial charge in [-0.1, -0.05) is 38.1 Å². The van der Waals surface area contributed by atoms with Crippen LogP contribution in [0.3, 0.4) is 0 Å². The standard InChI is InChI=1S/C23H30N2O3/c1-17(2)15-18-6-8-19(9-7-18)16-22(26)24-13-10-20(11-14-24)25-12-4-5-21(25)23(27)28-3/h4-9,12,17,20H,10-11,13-16H2,1-3H3. The molecule has 1 saturated heterocycles. The molecule has 28 heavy (non-hydrogen) atoms. The zero-order valence-electron chi connectivity index (χ0n) is 17.1. The van der Waals surface area contributed by atoms with Crippen molar-refractivity contribution < 1.29 is 14.3 Å². The molecule has 0 atom stereocenters. The molecule has 3 rings (SSSR count). The lowest BCUT2D eigenvalue weighted by Gasteiger charge is -2.33. The summed E-state index contributed by atoms with van der Waals surface area (Å²) in [5.41, 5.74) is 2.96. The first-order valence-electron chi connectivity index (χ1n) is 10.1. The van der Waals surface area contributed by atoms with Crippen LogP contribution in [0.25, 0.3) is 0 Å². The molecule has 0 unspecified atom stereocenters. The van der Waals surface area contributed by atoms with E-state index in [1.165, 1.54) is 12.7 Å². The van der Waals surface area contributed by atoms with Gasteiger partial charge in [-0.3, -0.25) is 4.79 Å². The largest absolute Gasteiger partial charge is 0.464 e. The molecule has 1 fully saturated rings. The number of ether oxygens (including phenoxy) is 1. The zero-order chi connectivity index (χ0) is 20.1. The predicted octanol–water partition coefficient (Wildman–Crippen LogP) is 3.88. The fraction of sp³-hybridized carbons (Fsp3) is 0.478. The van der Waals surface area contributed by atoms with Gasteiger partial charge >= 0.3 is 5.97 Å². The van der Waals surface area contributed by atoms with E-state index < -0.39 is 0 Å². The second-order valence-electron chi connectivity index (χ2n) is 8.00. The van der Waals surface area contributed by atoms with Crippen LogP contribution in [0.5, 0.6) is 0 Å². The Kier molecular flexibility index (Phi) is 6.55. The van der Waals surface area contributed by atoms with Gasteiger partial charge in [0, 0.05) is 25.3 Å². The second-order valence-corrected chi connectivity index (χ2v) is 8.00. The maximum Gasteiger partial charge on any atom is 0.354 e. The molecule has 150 valence electrons. The number of carbonyl (C=O) groups excluding carboxylic acids is 2. The van der Waals surface area contributed by atoms with Gasteiger partial charge < -0.3 is 14.2 Å². The van der Waals surface area contributed by atoms with Crippen LogP contribution >= 0.6 is 0 Å². The van der Waals surface area contributed by atoms with Gasteiger partial charge in [-0.05, 0) is 48.4 Å². The van der Waals surface area contributed by atoms with Gasteiger partial charge in [0.15, 0.2) is 0 Å². The summed E-state index contributed by atoms with van der Waals surface area (Å²) in [6, 6.07) is 12.3. The monoisotopic (exact) mass is 382 g/mol. The number of hydrogen-bond donors (Lipinski definition) is 0. The molecular weight excluding hydrogens is 352 g/mol. The SMILES string of the molecule is COC(=O)c1cccn1C1CCN(C(=O)Cc2ccc(CC(C)C)cc2)CC1. The van der Waals surface area contributed by atoms with Gasteiger partial charge in [0.2, 0.25) is 5.91 Å². The normalized spacial score (nSPS) is 15.1.